The Hall–Kier alpha value is -1.82. The molecule has 1 fully saturated rings. The van der Waals surface area contributed by atoms with E-state index in [1.54, 1.807) is 11.0 Å². The second kappa shape index (κ2) is 5.66. The molecule has 1 aliphatic rings. The number of nitrogens with zero attached hydrogens (tertiary/aromatic N) is 2. The normalized spacial score (nSPS) is 22.6. The fourth-order valence-corrected chi connectivity index (χ4v) is 2.97. The van der Waals surface area contributed by atoms with Crippen molar-refractivity contribution >= 4 is 28.9 Å². The maximum Gasteiger partial charge on any atom is 0.308 e. The van der Waals surface area contributed by atoms with Gasteiger partial charge in [0.25, 0.3) is 5.69 Å². The van der Waals surface area contributed by atoms with Crippen LogP contribution in [0.5, 0.6) is 0 Å². The molecule has 0 saturated carbocycles. The van der Waals surface area contributed by atoms with Crippen molar-refractivity contribution in [2.24, 2.45) is 11.8 Å². The standard InChI is InChI=1S/C13H15ClN2O4/c1-8-5-9(13(17)18)7-15(6-8)12-10(14)3-2-4-11(12)16(19)20/h2-4,8-9H,5-7H2,1H3,(H,17,18). The van der Waals surface area contributed by atoms with Crippen LogP contribution in [0.3, 0.4) is 0 Å². The number of carbonyl (C=O) groups is 1. The van der Waals surface area contributed by atoms with Crippen molar-refractivity contribution in [3.8, 4) is 0 Å². The van der Waals surface area contributed by atoms with Crippen molar-refractivity contribution in [3.05, 3.63) is 33.3 Å². The quantitative estimate of drug-likeness (QED) is 0.685. The number of piperidine rings is 1. The number of hydrogen-bond donors (Lipinski definition) is 1. The molecule has 0 radical (unpaired) electrons. The predicted molar refractivity (Wildman–Crippen MR) is 75.2 cm³/mol. The highest BCUT2D eigenvalue weighted by Crippen LogP contribution is 2.38. The van der Waals surface area contributed by atoms with Gasteiger partial charge in [-0.2, -0.15) is 0 Å². The Balaban J connectivity index is 2.40. The number of nitro groups is 1. The van der Waals surface area contributed by atoms with E-state index >= 15 is 0 Å². The minimum Gasteiger partial charge on any atom is -0.481 e. The minimum absolute atomic E-state index is 0.0873. The molecule has 1 heterocycles. The lowest BCUT2D eigenvalue weighted by atomic mass is 9.90. The van der Waals surface area contributed by atoms with E-state index in [4.69, 9.17) is 11.6 Å². The molecular weight excluding hydrogens is 284 g/mol. The van der Waals surface area contributed by atoms with Gasteiger partial charge in [-0.05, 0) is 18.4 Å². The van der Waals surface area contributed by atoms with E-state index in [0.717, 1.165) is 0 Å². The van der Waals surface area contributed by atoms with Crippen LogP contribution >= 0.6 is 11.6 Å². The Morgan fingerprint density at radius 1 is 1.50 bits per heavy atom. The van der Waals surface area contributed by atoms with Crippen LogP contribution < -0.4 is 4.90 Å². The Labute approximate surface area is 121 Å². The van der Waals surface area contributed by atoms with Crippen molar-refractivity contribution in [2.45, 2.75) is 13.3 Å². The third kappa shape index (κ3) is 2.85. The second-order valence-corrected chi connectivity index (χ2v) is 5.55. The first kappa shape index (κ1) is 14.6. The molecule has 7 heteroatoms. The van der Waals surface area contributed by atoms with Crippen LogP contribution in [0.1, 0.15) is 13.3 Å². The molecular formula is C13H15ClN2O4. The highest BCUT2D eigenvalue weighted by atomic mass is 35.5. The number of carboxylic acids is 1. The lowest BCUT2D eigenvalue weighted by Gasteiger charge is -2.36. The summed E-state index contributed by atoms with van der Waals surface area (Å²) in [4.78, 5) is 23.5. The number of aliphatic carboxylic acids is 1. The average molecular weight is 299 g/mol. The lowest BCUT2D eigenvalue weighted by molar-refractivity contribution is -0.384. The summed E-state index contributed by atoms with van der Waals surface area (Å²) in [6.07, 6.45) is 0.573. The number of carboxylic acid groups (broad SMARTS) is 1. The van der Waals surface area contributed by atoms with Gasteiger partial charge in [-0.1, -0.05) is 24.6 Å². The SMILES string of the molecule is CC1CC(C(=O)O)CN(c2c(Cl)cccc2[N+](=O)[O-])C1. The molecule has 0 aliphatic carbocycles. The van der Waals surface area contributed by atoms with E-state index in [-0.39, 0.29) is 23.2 Å². The number of nitro benzene ring substituents is 1. The van der Waals surface area contributed by atoms with Crippen LogP contribution in [-0.4, -0.2) is 29.1 Å². The molecule has 1 N–H and O–H groups in total. The van der Waals surface area contributed by atoms with Crippen LogP contribution in [0, 0.1) is 22.0 Å². The smallest absolute Gasteiger partial charge is 0.308 e. The average Bonchev–Trinajstić information content (AvgIpc) is 2.37. The fraction of sp³-hybridized carbons (Fsp3) is 0.462. The molecule has 0 aromatic heterocycles. The van der Waals surface area contributed by atoms with Gasteiger partial charge in [0.05, 0.1) is 15.9 Å². The number of rotatable bonds is 3. The van der Waals surface area contributed by atoms with Crippen LogP contribution in [0.4, 0.5) is 11.4 Å². The molecule has 1 saturated heterocycles. The first-order valence-corrected chi connectivity index (χ1v) is 6.68. The van der Waals surface area contributed by atoms with Gasteiger partial charge in [-0.25, -0.2) is 0 Å². The zero-order valence-corrected chi connectivity index (χ0v) is 11.7. The summed E-state index contributed by atoms with van der Waals surface area (Å²) in [5.41, 5.74) is 0.229. The second-order valence-electron chi connectivity index (χ2n) is 5.15. The zero-order valence-electron chi connectivity index (χ0n) is 11.0. The van der Waals surface area contributed by atoms with Gasteiger partial charge in [0, 0.05) is 19.2 Å². The van der Waals surface area contributed by atoms with Crippen molar-refractivity contribution < 1.29 is 14.8 Å². The Bertz CT molecular complexity index is 549. The summed E-state index contributed by atoms with van der Waals surface area (Å²) in [6, 6.07) is 4.49. The molecule has 1 aromatic rings. The van der Waals surface area contributed by atoms with Gasteiger partial charge in [0.2, 0.25) is 0 Å². The minimum atomic E-state index is -0.878. The topological polar surface area (TPSA) is 83.7 Å². The van der Waals surface area contributed by atoms with Crippen LogP contribution in [0.25, 0.3) is 0 Å². The van der Waals surface area contributed by atoms with Gasteiger partial charge in [-0.15, -0.1) is 0 Å². The maximum absolute atomic E-state index is 11.2. The van der Waals surface area contributed by atoms with Crippen molar-refractivity contribution in [1.29, 1.82) is 0 Å². The van der Waals surface area contributed by atoms with Gasteiger partial charge in [-0.3, -0.25) is 14.9 Å². The zero-order chi connectivity index (χ0) is 14.9. The molecule has 108 valence electrons. The van der Waals surface area contributed by atoms with E-state index in [0.29, 0.717) is 18.7 Å². The number of para-hydroxylation sites is 1. The first-order chi connectivity index (χ1) is 9.40. The number of benzene rings is 1. The van der Waals surface area contributed by atoms with Gasteiger partial charge in [0.1, 0.15) is 5.69 Å². The number of anilines is 1. The van der Waals surface area contributed by atoms with E-state index in [9.17, 15) is 20.0 Å². The highest BCUT2D eigenvalue weighted by Gasteiger charge is 2.33. The molecule has 2 unspecified atom stereocenters. The summed E-state index contributed by atoms with van der Waals surface area (Å²) in [7, 11) is 0. The van der Waals surface area contributed by atoms with E-state index < -0.39 is 16.8 Å². The molecule has 0 spiro atoms. The largest absolute Gasteiger partial charge is 0.481 e. The third-order valence-electron chi connectivity index (χ3n) is 3.49. The van der Waals surface area contributed by atoms with Crippen molar-refractivity contribution in [2.75, 3.05) is 18.0 Å². The van der Waals surface area contributed by atoms with E-state index in [1.807, 2.05) is 6.92 Å². The summed E-state index contributed by atoms with van der Waals surface area (Å²) in [5, 5.41) is 20.6. The predicted octanol–water partition coefficient (Wildman–Crippen LogP) is 2.80. The first-order valence-electron chi connectivity index (χ1n) is 6.30. The maximum atomic E-state index is 11.2. The summed E-state index contributed by atoms with van der Waals surface area (Å²) >= 11 is 6.09. The van der Waals surface area contributed by atoms with Crippen LogP contribution in [0.2, 0.25) is 5.02 Å². The number of hydrogen-bond acceptors (Lipinski definition) is 4. The summed E-state index contributed by atoms with van der Waals surface area (Å²) in [5.74, 6) is -1.27. The molecule has 6 nitrogen and oxygen atoms in total. The molecule has 2 rings (SSSR count). The third-order valence-corrected chi connectivity index (χ3v) is 3.79. The molecule has 20 heavy (non-hydrogen) atoms. The molecule has 2 atom stereocenters. The molecule has 1 aliphatic heterocycles. The Morgan fingerprint density at radius 2 is 2.20 bits per heavy atom. The van der Waals surface area contributed by atoms with E-state index in [1.165, 1.54) is 12.1 Å². The molecule has 0 amide bonds. The van der Waals surface area contributed by atoms with Gasteiger partial charge >= 0.3 is 5.97 Å². The monoisotopic (exact) mass is 298 g/mol. The van der Waals surface area contributed by atoms with Crippen molar-refractivity contribution in [1.82, 2.24) is 0 Å². The van der Waals surface area contributed by atoms with Crippen molar-refractivity contribution in [3.63, 3.8) is 0 Å². The van der Waals surface area contributed by atoms with Crippen LogP contribution in [-0.2, 0) is 4.79 Å². The van der Waals surface area contributed by atoms with Crippen LogP contribution in [0.15, 0.2) is 18.2 Å². The fourth-order valence-electron chi connectivity index (χ4n) is 2.68. The Morgan fingerprint density at radius 3 is 2.80 bits per heavy atom. The van der Waals surface area contributed by atoms with E-state index in [2.05, 4.69) is 0 Å². The molecule has 0 bridgehead atoms. The summed E-state index contributed by atoms with van der Waals surface area (Å²) < 4.78 is 0. The molecule has 1 aromatic carbocycles. The summed E-state index contributed by atoms with van der Waals surface area (Å²) in [6.45, 7) is 2.74. The Kier molecular flexibility index (Phi) is 4.13. The highest BCUT2D eigenvalue weighted by molar-refractivity contribution is 6.33. The lowest BCUT2D eigenvalue weighted by Crippen LogP contribution is -2.42. The van der Waals surface area contributed by atoms with Gasteiger partial charge in [0.15, 0.2) is 0 Å². The number of halogens is 1. The van der Waals surface area contributed by atoms with Gasteiger partial charge < -0.3 is 10.0 Å².